The molecule has 118 valence electrons. The maximum atomic E-state index is 13.1. The number of rotatable bonds is 5. The van der Waals surface area contributed by atoms with Crippen molar-refractivity contribution in [1.82, 2.24) is 9.62 Å². The summed E-state index contributed by atoms with van der Waals surface area (Å²) in [7, 11) is -3.64. The summed E-state index contributed by atoms with van der Waals surface area (Å²) in [6.45, 7) is 6.55. The van der Waals surface area contributed by atoms with Crippen molar-refractivity contribution < 1.29 is 12.8 Å². The van der Waals surface area contributed by atoms with Crippen molar-refractivity contribution >= 4 is 15.7 Å². The second-order valence-corrected chi connectivity index (χ2v) is 7.55. The van der Waals surface area contributed by atoms with Gasteiger partial charge in [-0.15, -0.1) is 0 Å². The van der Waals surface area contributed by atoms with E-state index in [1.165, 1.54) is 6.07 Å². The summed E-state index contributed by atoms with van der Waals surface area (Å²) in [5.74, 6) is -0.308. The highest BCUT2D eigenvalue weighted by Gasteiger charge is 2.25. The summed E-state index contributed by atoms with van der Waals surface area (Å²) in [4.78, 5) is 2.33. The second kappa shape index (κ2) is 6.29. The minimum Gasteiger partial charge on any atom is -0.396 e. The Kier molecular flexibility index (Phi) is 4.85. The Balaban J connectivity index is 1.97. The fourth-order valence-corrected chi connectivity index (χ4v) is 3.65. The van der Waals surface area contributed by atoms with Crippen LogP contribution in [0.15, 0.2) is 23.1 Å². The van der Waals surface area contributed by atoms with Crippen molar-refractivity contribution in [2.24, 2.45) is 5.92 Å². The minimum absolute atomic E-state index is 0.000104. The SMILES string of the molecule is CC(C)N1CCC(CNS(=O)(=O)c2ccc(F)c(N)c2)C1. The van der Waals surface area contributed by atoms with Gasteiger partial charge in [0.05, 0.1) is 10.6 Å². The number of halogens is 1. The number of nitrogen functional groups attached to an aromatic ring is 1. The summed E-state index contributed by atoms with van der Waals surface area (Å²) in [5.41, 5.74) is 5.25. The van der Waals surface area contributed by atoms with Gasteiger partial charge in [0.2, 0.25) is 10.0 Å². The molecule has 0 spiro atoms. The minimum atomic E-state index is -3.64. The van der Waals surface area contributed by atoms with E-state index in [2.05, 4.69) is 23.5 Å². The van der Waals surface area contributed by atoms with E-state index < -0.39 is 15.8 Å². The number of hydrogen-bond donors (Lipinski definition) is 2. The third kappa shape index (κ3) is 3.93. The lowest BCUT2D eigenvalue weighted by Crippen LogP contribution is -2.33. The number of sulfonamides is 1. The zero-order valence-corrected chi connectivity index (χ0v) is 13.2. The highest BCUT2D eigenvalue weighted by atomic mass is 32.2. The molecule has 5 nitrogen and oxygen atoms in total. The average molecular weight is 315 g/mol. The van der Waals surface area contributed by atoms with Gasteiger partial charge in [-0.3, -0.25) is 0 Å². The fourth-order valence-electron chi connectivity index (χ4n) is 2.50. The van der Waals surface area contributed by atoms with Crippen LogP contribution in [0, 0.1) is 11.7 Å². The molecule has 0 saturated carbocycles. The molecule has 1 aliphatic heterocycles. The molecule has 1 aliphatic rings. The van der Waals surface area contributed by atoms with Crippen molar-refractivity contribution in [3.05, 3.63) is 24.0 Å². The van der Waals surface area contributed by atoms with Crippen LogP contribution in [0.2, 0.25) is 0 Å². The largest absolute Gasteiger partial charge is 0.396 e. The van der Waals surface area contributed by atoms with E-state index >= 15 is 0 Å². The number of nitrogens with one attached hydrogen (secondary N) is 1. The summed E-state index contributed by atoms with van der Waals surface area (Å²) in [6, 6.07) is 3.92. The van der Waals surface area contributed by atoms with Crippen LogP contribution in [0.3, 0.4) is 0 Å². The molecule has 1 saturated heterocycles. The van der Waals surface area contributed by atoms with Crippen LogP contribution in [-0.2, 0) is 10.0 Å². The Morgan fingerprint density at radius 3 is 2.76 bits per heavy atom. The normalized spacial score (nSPS) is 20.3. The second-order valence-electron chi connectivity index (χ2n) is 5.78. The lowest BCUT2D eigenvalue weighted by Gasteiger charge is -2.20. The van der Waals surface area contributed by atoms with Crippen molar-refractivity contribution in [3.8, 4) is 0 Å². The van der Waals surface area contributed by atoms with E-state index in [0.29, 0.717) is 18.5 Å². The van der Waals surface area contributed by atoms with E-state index in [1.54, 1.807) is 0 Å². The summed E-state index contributed by atoms with van der Waals surface area (Å²) < 4.78 is 40.0. The Bertz CT molecular complexity index is 604. The van der Waals surface area contributed by atoms with Gasteiger partial charge in [0, 0.05) is 19.1 Å². The van der Waals surface area contributed by atoms with Gasteiger partial charge in [0.25, 0.3) is 0 Å². The van der Waals surface area contributed by atoms with E-state index in [4.69, 9.17) is 5.73 Å². The van der Waals surface area contributed by atoms with Crippen molar-refractivity contribution in [1.29, 1.82) is 0 Å². The molecule has 21 heavy (non-hydrogen) atoms. The van der Waals surface area contributed by atoms with E-state index in [0.717, 1.165) is 31.6 Å². The van der Waals surface area contributed by atoms with E-state index in [1.807, 2.05) is 0 Å². The van der Waals surface area contributed by atoms with Gasteiger partial charge in [-0.1, -0.05) is 0 Å². The number of likely N-dealkylation sites (tertiary alicyclic amines) is 1. The Hall–Kier alpha value is -1.18. The molecular formula is C14H22FN3O2S. The zero-order chi connectivity index (χ0) is 15.6. The molecule has 0 radical (unpaired) electrons. The first kappa shape index (κ1) is 16.2. The highest BCUT2D eigenvalue weighted by Crippen LogP contribution is 2.20. The molecule has 2 rings (SSSR count). The summed E-state index contributed by atoms with van der Waals surface area (Å²) in [5, 5.41) is 0. The predicted molar refractivity (Wildman–Crippen MR) is 80.8 cm³/mol. The predicted octanol–water partition coefficient (Wildman–Crippen LogP) is 1.42. The van der Waals surface area contributed by atoms with Crippen LogP contribution in [0.5, 0.6) is 0 Å². The molecule has 1 unspecified atom stereocenters. The van der Waals surface area contributed by atoms with Gasteiger partial charge in [-0.25, -0.2) is 17.5 Å². The van der Waals surface area contributed by atoms with Crippen molar-refractivity contribution in [2.45, 2.75) is 31.2 Å². The lowest BCUT2D eigenvalue weighted by molar-refractivity contribution is 0.265. The van der Waals surface area contributed by atoms with Gasteiger partial charge in [-0.2, -0.15) is 0 Å². The molecule has 1 heterocycles. The van der Waals surface area contributed by atoms with Gasteiger partial charge in [0.1, 0.15) is 5.82 Å². The van der Waals surface area contributed by atoms with Crippen LogP contribution >= 0.6 is 0 Å². The van der Waals surface area contributed by atoms with Crippen LogP contribution in [0.1, 0.15) is 20.3 Å². The van der Waals surface area contributed by atoms with E-state index in [9.17, 15) is 12.8 Å². The highest BCUT2D eigenvalue weighted by molar-refractivity contribution is 7.89. The molecule has 7 heteroatoms. The smallest absolute Gasteiger partial charge is 0.240 e. The van der Waals surface area contributed by atoms with Crippen LogP contribution < -0.4 is 10.5 Å². The van der Waals surface area contributed by atoms with Crippen LogP contribution in [0.4, 0.5) is 10.1 Å². The molecule has 0 bridgehead atoms. The summed E-state index contributed by atoms with van der Waals surface area (Å²) >= 11 is 0. The van der Waals surface area contributed by atoms with Crippen LogP contribution in [0.25, 0.3) is 0 Å². The standard InChI is InChI=1S/C14H22FN3O2S/c1-10(2)18-6-5-11(9-18)8-17-21(19,20)12-3-4-13(15)14(16)7-12/h3-4,7,10-11,17H,5-6,8-9,16H2,1-2H3. The first-order valence-corrected chi connectivity index (χ1v) is 8.56. The van der Waals surface area contributed by atoms with E-state index in [-0.39, 0.29) is 10.6 Å². The topological polar surface area (TPSA) is 75.4 Å². The maximum absolute atomic E-state index is 13.1. The molecular weight excluding hydrogens is 293 g/mol. The molecule has 1 aromatic rings. The maximum Gasteiger partial charge on any atom is 0.240 e. The van der Waals surface area contributed by atoms with Gasteiger partial charge in [-0.05, 0) is 50.9 Å². The molecule has 0 aromatic heterocycles. The van der Waals surface area contributed by atoms with Gasteiger partial charge < -0.3 is 10.6 Å². The number of nitrogens with zero attached hydrogens (tertiary/aromatic N) is 1. The molecule has 1 aromatic carbocycles. The number of anilines is 1. The van der Waals surface area contributed by atoms with Gasteiger partial charge >= 0.3 is 0 Å². The van der Waals surface area contributed by atoms with Gasteiger partial charge in [0.15, 0.2) is 0 Å². The third-order valence-corrected chi connectivity index (χ3v) is 5.31. The first-order valence-electron chi connectivity index (χ1n) is 7.08. The first-order chi connectivity index (χ1) is 9.79. The number of hydrogen-bond acceptors (Lipinski definition) is 4. The molecule has 1 fully saturated rings. The van der Waals surface area contributed by atoms with Crippen LogP contribution in [-0.4, -0.2) is 39.0 Å². The monoisotopic (exact) mass is 315 g/mol. The third-order valence-electron chi connectivity index (χ3n) is 3.89. The Labute approximate surface area is 125 Å². The fraction of sp³-hybridized carbons (Fsp3) is 0.571. The molecule has 1 atom stereocenters. The number of benzene rings is 1. The molecule has 0 aliphatic carbocycles. The Morgan fingerprint density at radius 2 is 2.19 bits per heavy atom. The van der Waals surface area contributed by atoms with Crippen molar-refractivity contribution in [3.63, 3.8) is 0 Å². The van der Waals surface area contributed by atoms with Crippen molar-refractivity contribution in [2.75, 3.05) is 25.4 Å². The number of nitrogens with two attached hydrogens (primary N) is 1. The molecule has 0 amide bonds. The average Bonchev–Trinajstić information content (AvgIpc) is 2.89. The molecule has 3 N–H and O–H groups in total. The Morgan fingerprint density at radius 1 is 1.48 bits per heavy atom. The lowest BCUT2D eigenvalue weighted by atomic mass is 10.1. The summed E-state index contributed by atoms with van der Waals surface area (Å²) in [6.07, 6.45) is 0.978. The zero-order valence-electron chi connectivity index (χ0n) is 12.3. The quantitative estimate of drug-likeness (QED) is 0.806.